The summed E-state index contributed by atoms with van der Waals surface area (Å²) < 4.78 is 5.98. The van der Waals surface area contributed by atoms with Gasteiger partial charge in [-0.1, -0.05) is 87.1 Å². The molecule has 144 valence electrons. The lowest BCUT2D eigenvalue weighted by Crippen LogP contribution is -2.05. The number of ether oxygens (including phenoxy) is 1. The molecule has 0 bridgehead atoms. The molecular weight excluding hydrogens is 328 g/mol. The first kappa shape index (κ1) is 18.7. The molecule has 4 rings (SSSR count). The second-order valence-corrected chi connectivity index (χ2v) is 8.65. The first-order chi connectivity index (χ1) is 13.4. The molecule has 2 fully saturated rings. The summed E-state index contributed by atoms with van der Waals surface area (Å²) in [6.07, 6.45) is 13.9. The van der Waals surface area contributed by atoms with Crippen LogP contribution in [-0.2, 0) is 18.0 Å². The fraction of sp³-hybridized carbons (Fsp3) is 0.538. The second kappa shape index (κ2) is 9.55. The summed E-state index contributed by atoms with van der Waals surface area (Å²) in [5, 5.41) is 0. The molecule has 0 N–H and O–H groups in total. The molecule has 0 spiro atoms. The standard InChI is InChI=1S/C26H34O/c1-3-7-23(8-4-1)25-15-11-21(12-16-25)19-27-20-22-13-17-26(18-14-22)24-9-5-2-6-10-24/h11-18,23-24H,1-10,19-20H2. The van der Waals surface area contributed by atoms with Gasteiger partial charge in [0.1, 0.15) is 0 Å². The molecule has 0 amide bonds. The van der Waals surface area contributed by atoms with E-state index < -0.39 is 0 Å². The Morgan fingerprint density at radius 2 is 0.889 bits per heavy atom. The van der Waals surface area contributed by atoms with Gasteiger partial charge in [0.2, 0.25) is 0 Å². The fourth-order valence-electron chi connectivity index (χ4n) is 4.93. The van der Waals surface area contributed by atoms with E-state index in [2.05, 4.69) is 48.5 Å². The van der Waals surface area contributed by atoms with E-state index in [9.17, 15) is 0 Å². The second-order valence-electron chi connectivity index (χ2n) is 8.65. The van der Waals surface area contributed by atoms with Gasteiger partial charge in [0.05, 0.1) is 13.2 Å². The van der Waals surface area contributed by atoms with Crippen LogP contribution in [0.1, 0.15) is 98.3 Å². The fourth-order valence-corrected chi connectivity index (χ4v) is 4.93. The molecular formula is C26H34O. The molecule has 1 heteroatoms. The van der Waals surface area contributed by atoms with Crippen LogP contribution >= 0.6 is 0 Å². The predicted octanol–water partition coefficient (Wildman–Crippen LogP) is 7.50. The summed E-state index contributed by atoms with van der Waals surface area (Å²) in [6, 6.07) is 18.3. The van der Waals surface area contributed by atoms with E-state index in [0.29, 0.717) is 13.2 Å². The van der Waals surface area contributed by atoms with Gasteiger partial charge in [-0.2, -0.15) is 0 Å². The van der Waals surface area contributed by atoms with E-state index in [4.69, 9.17) is 4.74 Å². The third-order valence-corrected chi connectivity index (χ3v) is 6.65. The van der Waals surface area contributed by atoms with Gasteiger partial charge in [-0.25, -0.2) is 0 Å². The van der Waals surface area contributed by atoms with E-state index in [1.54, 1.807) is 0 Å². The van der Waals surface area contributed by atoms with Gasteiger partial charge >= 0.3 is 0 Å². The van der Waals surface area contributed by atoms with Gasteiger partial charge in [-0.15, -0.1) is 0 Å². The molecule has 2 aromatic carbocycles. The van der Waals surface area contributed by atoms with Crippen molar-refractivity contribution >= 4 is 0 Å². The molecule has 27 heavy (non-hydrogen) atoms. The van der Waals surface area contributed by atoms with Crippen LogP contribution < -0.4 is 0 Å². The van der Waals surface area contributed by atoms with Crippen LogP contribution in [0.5, 0.6) is 0 Å². The van der Waals surface area contributed by atoms with Crippen LogP contribution in [0.3, 0.4) is 0 Å². The van der Waals surface area contributed by atoms with E-state index in [1.165, 1.54) is 86.5 Å². The highest BCUT2D eigenvalue weighted by atomic mass is 16.5. The summed E-state index contributed by atoms with van der Waals surface area (Å²) in [5.74, 6) is 1.58. The molecule has 2 aromatic rings. The van der Waals surface area contributed by atoms with Gasteiger partial charge in [0, 0.05) is 0 Å². The average Bonchev–Trinajstić information content (AvgIpc) is 2.76. The highest BCUT2D eigenvalue weighted by Crippen LogP contribution is 2.33. The normalized spacial score (nSPS) is 19.3. The molecule has 0 aromatic heterocycles. The summed E-state index contributed by atoms with van der Waals surface area (Å²) >= 11 is 0. The third kappa shape index (κ3) is 5.23. The van der Waals surface area contributed by atoms with Crippen molar-refractivity contribution < 1.29 is 4.74 Å². The van der Waals surface area contributed by atoms with Crippen molar-refractivity contribution in [1.82, 2.24) is 0 Å². The minimum Gasteiger partial charge on any atom is -0.372 e. The number of hydrogen-bond donors (Lipinski definition) is 0. The molecule has 0 unspecified atom stereocenters. The SMILES string of the molecule is c1cc(C2CCCCC2)ccc1COCc1ccc(C2CCCCC2)cc1. The maximum Gasteiger partial charge on any atom is 0.0721 e. The lowest BCUT2D eigenvalue weighted by atomic mass is 9.84. The minimum absolute atomic E-state index is 0.704. The molecule has 2 aliphatic rings. The molecule has 0 radical (unpaired) electrons. The third-order valence-electron chi connectivity index (χ3n) is 6.65. The highest BCUT2D eigenvalue weighted by Gasteiger charge is 2.16. The maximum absolute atomic E-state index is 5.98. The summed E-state index contributed by atoms with van der Waals surface area (Å²) in [6.45, 7) is 1.41. The predicted molar refractivity (Wildman–Crippen MR) is 113 cm³/mol. The first-order valence-corrected chi connectivity index (χ1v) is 11.1. The van der Waals surface area contributed by atoms with E-state index in [1.807, 2.05) is 0 Å². The average molecular weight is 363 g/mol. The lowest BCUT2D eigenvalue weighted by Gasteiger charge is -2.22. The molecule has 1 nitrogen and oxygen atoms in total. The van der Waals surface area contributed by atoms with Gasteiger partial charge in [0.15, 0.2) is 0 Å². The Labute approximate surface area is 165 Å². The monoisotopic (exact) mass is 362 g/mol. The largest absolute Gasteiger partial charge is 0.372 e. The summed E-state index contributed by atoms with van der Waals surface area (Å²) in [4.78, 5) is 0. The molecule has 0 aliphatic heterocycles. The van der Waals surface area contributed by atoms with Crippen LogP contribution in [0.15, 0.2) is 48.5 Å². The van der Waals surface area contributed by atoms with Crippen LogP contribution in [0, 0.1) is 0 Å². The van der Waals surface area contributed by atoms with Crippen molar-refractivity contribution in [1.29, 1.82) is 0 Å². The van der Waals surface area contributed by atoms with Crippen molar-refractivity contribution in [2.75, 3.05) is 0 Å². The van der Waals surface area contributed by atoms with Crippen LogP contribution in [-0.4, -0.2) is 0 Å². The Bertz CT molecular complexity index is 612. The molecule has 2 saturated carbocycles. The molecule has 0 heterocycles. The maximum atomic E-state index is 5.98. The smallest absolute Gasteiger partial charge is 0.0721 e. The summed E-state index contributed by atoms with van der Waals surface area (Å²) in [5.41, 5.74) is 5.62. The Morgan fingerprint density at radius 3 is 1.26 bits per heavy atom. The molecule has 2 aliphatic carbocycles. The van der Waals surface area contributed by atoms with Crippen LogP contribution in [0.4, 0.5) is 0 Å². The van der Waals surface area contributed by atoms with Crippen molar-refractivity contribution in [2.24, 2.45) is 0 Å². The zero-order valence-electron chi connectivity index (χ0n) is 16.7. The molecule has 0 atom stereocenters. The topological polar surface area (TPSA) is 9.23 Å². The van der Waals surface area contributed by atoms with E-state index in [-0.39, 0.29) is 0 Å². The zero-order chi connectivity index (χ0) is 18.3. The van der Waals surface area contributed by atoms with Gasteiger partial charge in [0.25, 0.3) is 0 Å². The minimum atomic E-state index is 0.704. The Balaban J connectivity index is 1.24. The lowest BCUT2D eigenvalue weighted by molar-refractivity contribution is 0.107. The number of benzene rings is 2. The number of hydrogen-bond acceptors (Lipinski definition) is 1. The number of rotatable bonds is 6. The molecule has 0 saturated heterocycles. The van der Waals surface area contributed by atoms with Crippen molar-refractivity contribution in [3.63, 3.8) is 0 Å². The zero-order valence-corrected chi connectivity index (χ0v) is 16.7. The van der Waals surface area contributed by atoms with Gasteiger partial charge < -0.3 is 4.74 Å². The van der Waals surface area contributed by atoms with Gasteiger partial charge in [-0.3, -0.25) is 0 Å². The highest BCUT2D eigenvalue weighted by molar-refractivity contribution is 5.26. The Kier molecular flexibility index (Phi) is 6.63. The van der Waals surface area contributed by atoms with Crippen LogP contribution in [0.25, 0.3) is 0 Å². The first-order valence-electron chi connectivity index (χ1n) is 11.1. The summed E-state index contributed by atoms with van der Waals surface area (Å²) in [7, 11) is 0. The van der Waals surface area contributed by atoms with E-state index in [0.717, 1.165) is 11.8 Å². The van der Waals surface area contributed by atoms with Crippen molar-refractivity contribution in [2.45, 2.75) is 89.3 Å². The Morgan fingerprint density at radius 1 is 0.519 bits per heavy atom. The van der Waals surface area contributed by atoms with E-state index >= 15 is 0 Å². The van der Waals surface area contributed by atoms with Gasteiger partial charge in [-0.05, 0) is 59.8 Å². The van der Waals surface area contributed by atoms with Crippen molar-refractivity contribution in [3.8, 4) is 0 Å². The quantitative estimate of drug-likeness (QED) is 0.517. The Hall–Kier alpha value is -1.60. The van der Waals surface area contributed by atoms with Crippen LogP contribution in [0.2, 0.25) is 0 Å². The van der Waals surface area contributed by atoms with Crippen molar-refractivity contribution in [3.05, 3.63) is 70.8 Å².